The van der Waals surface area contributed by atoms with Crippen molar-refractivity contribution < 1.29 is 19.5 Å². The molecule has 0 unspecified atom stereocenters. The Labute approximate surface area is 92.9 Å². The lowest BCUT2D eigenvalue weighted by molar-refractivity contribution is -1.05. The molecular formula is C8H16N3O5-. The lowest BCUT2D eigenvalue weighted by atomic mass is 10.2. The van der Waals surface area contributed by atoms with Gasteiger partial charge in [0.2, 0.25) is 0 Å². The van der Waals surface area contributed by atoms with Crippen molar-refractivity contribution in [3.63, 3.8) is 0 Å². The van der Waals surface area contributed by atoms with Gasteiger partial charge in [-0.2, -0.15) is 4.81 Å². The highest BCUT2D eigenvalue weighted by Crippen LogP contribution is 2.12. The first-order valence-electron chi connectivity index (χ1n) is 5.01. The van der Waals surface area contributed by atoms with Crippen LogP contribution < -0.4 is 5.73 Å². The Morgan fingerprint density at radius 2 is 2.06 bits per heavy atom. The highest BCUT2D eigenvalue weighted by Gasteiger charge is 2.31. The molecule has 94 valence electrons. The van der Waals surface area contributed by atoms with E-state index in [1.54, 1.807) is 0 Å². The highest BCUT2D eigenvalue weighted by molar-refractivity contribution is 5.75. The maximum absolute atomic E-state index is 11.8. The normalized spacial score (nSPS) is 24.8. The zero-order valence-corrected chi connectivity index (χ0v) is 9.04. The Morgan fingerprint density at radius 1 is 1.56 bits per heavy atom. The van der Waals surface area contributed by atoms with Crippen molar-refractivity contribution in [2.24, 2.45) is 5.73 Å². The van der Waals surface area contributed by atoms with Crippen molar-refractivity contribution in [3.05, 3.63) is 10.4 Å². The minimum atomic E-state index is -1.24. The zero-order valence-electron chi connectivity index (χ0n) is 9.04. The summed E-state index contributed by atoms with van der Waals surface area (Å²) in [5.74, 6) is -0.954. The number of nitrogens with zero attached hydrogens (tertiary/aromatic N) is 2. The summed E-state index contributed by atoms with van der Waals surface area (Å²) in [5.41, 5.74) is 5.32. The number of piperazine rings is 1. The minimum Gasteiger partial charge on any atom is -0.785 e. The van der Waals surface area contributed by atoms with Gasteiger partial charge < -0.3 is 26.3 Å². The molecule has 1 heterocycles. The monoisotopic (exact) mass is 234 g/mol. The van der Waals surface area contributed by atoms with E-state index < -0.39 is 22.9 Å². The Morgan fingerprint density at radius 3 is 2.50 bits per heavy atom. The van der Waals surface area contributed by atoms with Gasteiger partial charge in [-0.25, -0.2) is 4.79 Å². The smallest absolute Gasteiger partial charge is 0.386 e. The van der Waals surface area contributed by atoms with Crippen LogP contribution in [0.4, 0.5) is 0 Å². The number of hydrogen-bond acceptors (Lipinski definition) is 7. The fourth-order valence-electron chi connectivity index (χ4n) is 1.26. The van der Waals surface area contributed by atoms with E-state index in [2.05, 4.69) is 4.84 Å². The second-order valence-electron chi connectivity index (χ2n) is 3.87. The lowest BCUT2D eigenvalue weighted by Crippen LogP contribution is -2.57. The molecule has 2 atom stereocenters. The topological polar surface area (TPSA) is 122 Å². The molecule has 1 aliphatic heterocycles. The van der Waals surface area contributed by atoms with E-state index in [0.29, 0.717) is 0 Å². The van der Waals surface area contributed by atoms with Crippen molar-refractivity contribution >= 4 is 5.97 Å². The lowest BCUT2D eigenvalue weighted by Gasteiger charge is -2.46. The summed E-state index contributed by atoms with van der Waals surface area (Å²) in [6.07, 6.45) is -1.08. The van der Waals surface area contributed by atoms with Gasteiger partial charge in [-0.05, 0) is 6.92 Å². The van der Waals surface area contributed by atoms with E-state index in [1.807, 2.05) is 0 Å². The van der Waals surface area contributed by atoms with Crippen LogP contribution in [0.1, 0.15) is 6.92 Å². The molecule has 8 heteroatoms. The van der Waals surface area contributed by atoms with Crippen LogP contribution in [-0.4, -0.2) is 59.3 Å². The molecule has 0 bridgehead atoms. The van der Waals surface area contributed by atoms with Gasteiger partial charge in [-0.15, -0.1) is 0 Å². The van der Waals surface area contributed by atoms with Crippen molar-refractivity contribution in [3.8, 4) is 0 Å². The zero-order chi connectivity index (χ0) is 12.3. The first kappa shape index (κ1) is 13.3. The number of carbonyl (C=O) groups is 1. The highest BCUT2D eigenvalue weighted by atomic mass is 16.9. The third-order valence-electron chi connectivity index (χ3n) is 2.43. The van der Waals surface area contributed by atoms with E-state index >= 15 is 0 Å². The Bertz CT molecular complexity index is 252. The van der Waals surface area contributed by atoms with Crippen molar-refractivity contribution in [1.29, 1.82) is 0 Å². The van der Waals surface area contributed by atoms with Gasteiger partial charge in [0.1, 0.15) is 19.1 Å². The van der Waals surface area contributed by atoms with Crippen molar-refractivity contribution in [2.75, 3.05) is 26.2 Å². The second kappa shape index (κ2) is 5.04. The third-order valence-corrected chi connectivity index (χ3v) is 2.43. The summed E-state index contributed by atoms with van der Waals surface area (Å²) in [5, 5.41) is 32.4. The SMILES string of the molecule is C[C@@H](O)[C@H](N)C(=O)O[N+]1([O-])CCN([O-])CC1. The molecule has 0 saturated carbocycles. The fourth-order valence-corrected chi connectivity index (χ4v) is 1.26. The van der Waals surface area contributed by atoms with Crippen LogP contribution in [0.25, 0.3) is 0 Å². The molecule has 1 rings (SSSR count). The van der Waals surface area contributed by atoms with Gasteiger partial charge in [-0.1, -0.05) is 0 Å². The minimum absolute atomic E-state index is 0.0146. The van der Waals surface area contributed by atoms with Crippen LogP contribution in [0, 0.1) is 10.4 Å². The quantitative estimate of drug-likeness (QED) is 0.440. The molecule has 0 aromatic carbocycles. The van der Waals surface area contributed by atoms with Crippen LogP contribution in [-0.2, 0) is 9.63 Å². The third kappa shape index (κ3) is 3.37. The van der Waals surface area contributed by atoms with Crippen LogP contribution in [0.5, 0.6) is 0 Å². The van der Waals surface area contributed by atoms with Gasteiger partial charge in [-0.3, -0.25) is 4.84 Å². The number of hydroxylamine groups is 6. The number of quaternary nitrogens is 1. The molecule has 3 N–H and O–H groups in total. The van der Waals surface area contributed by atoms with E-state index in [4.69, 9.17) is 10.8 Å². The average Bonchev–Trinajstić information content (AvgIpc) is 2.21. The summed E-state index contributed by atoms with van der Waals surface area (Å²) < 4.78 is 0. The second-order valence-corrected chi connectivity index (χ2v) is 3.87. The first-order valence-corrected chi connectivity index (χ1v) is 5.01. The first-order chi connectivity index (χ1) is 7.34. The predicted molar refractivity (Wildman–Crippen MR) is 54.0 cm³/mol. The van der Waals surface area contributed by atoms with Crippen LogP contribution in [0.2, 0.25) is 0 Å². The molecule has 0 radical (unpaired) electrons. The van der Waals surface area contributed by atoms with Gasteiger partial charge in [0, 0.05) is 13.1 Å². The summed E-state index contributed by atoms with van der Waals surface area (Å²) in [6, 6.07) is -1.24. The molecule has 1 aliphatic rings. The molecule has 8 nitrogen and oxygen atoms in total. The molecule has 0 aromatic heterocycles. The van der Waals surface area contributed by atoms with E-state index in [1.165, 1.54) is 6.92 Å². The molecule has 1 saturated heterocycles. The molecule has 1 fully saturated rings. The summed E-state index contributed by atoms with van der Waals surface area (Å²) >= 11 is 0. The molecule has 0 aromatic rings. The Kier molecular flexibility index (Phi) is 4.19. The number of nitrogens with two attached hydrogens (primary N) is 1. The maximum atomic E-state index is 11.8. The molecule has 16 heavy (non-hydrogen) atoms. The summed E-state index contributed by atoms with van der Waals surface area (Å²) in [7, 11) is 0. The maximum Gasteiger partial charge on any atom is 0.386 e. The number of carbonyl (C=O) groups excluding carboxylic acids is 1. The van der Waals surface area contributed by atoms with Crippen LogP contribution in [0.3, 0.4) is 0 Å². The fraction of sp³-hybridized carbons (Fsp3) is 0.875. The predicted octanol–water partition coefficient (Wildman–Crippen LogP) is -1.72. The summed E-state index contributed by atoms with van der Waals surface area (Å²) in [4.78, 5) is 14.8. The molecule has 0 aliphatic carbocycles. The molecule has 0 spiro atoms. The summed E-state index contributed by atoms with van der Waals surface area (Å²) in [6.45, 7) is 1.11. The molecular weight excluding hydrogens is 218 g/mol. The average molecular weight is 234 g/mol. The van der Waals surface area contributed by atoms with Crippen molar-refractivity contribution in [2.45, 2.75) is 19.1 Å². The number of hydrogen-bond donors (Lipinski definition) is 2. The number of aliphatic hydroxyl groups is 1. The number of rotatable bonds is 3. The molecule has 0 amide bonds. The van der Waals surface area contributed by atoms with E-state index in [9.17, 15) is 15.2 Å². The van der Waals surface area contributed by atoms with E-state index in [-0.39, 0.29) is 26.2 Å². The number of aliphatic hydroxyl groups excluding tert-OH is 1. The largest absolute Gasteiger partial charge is 0.785 e. The van der Waals surface area contributed by atoms with E-state index in [0.717, 1.165) is 5.06 Å². The van der Waals surface area contributed by atoms with Gasteiger partial charge in [0.25, 0.3) is 0 Å². The standard InChI is InChI=1S/C8H16N3O5/c1-6(12)7(9)8(13)16-11(15)4-2-10(14)3-5-11/h6-7,12H,2-5,9H2,1H3/q-1/t6-,7+/m1/s1. The van der Waals surface area contributed by atoms with Gasteiger partial charge >= 0.3 is 5.97 Å². The van der Waals surface area contributed by atoms with Crippen molar-refractivity contribution in [1.82, 2.24) is 5.06 Å². The van der Waals surface area contributed by atoms with Crippen LogP contribution in [0.15, 0.2) is 0 Å². The van der Waals surface area contributed by atoms with Crippen LogP contribution >= 0.6 is 0 Å². The van der Waals surface area contributed by atoms with Gasteiger partial charge in [0.05, 0.1) is 6.10 Å². The van der Waals surface area contributed by atoms with Gasteiger partial charge in [0.15, 0.2) is 0 Å². The Hall–Kier alpha value is -0.770. The Balaban J connectivity index is 2.50.